The molecule has 30 heavy (non-hydrogen) atoms. The molecule has 0 aliphatic carbocycles. The Labute approximate surface area is 207 Å². The quantitative estimate of drug-likeness (QED) is 0.334. The molecule has 0 radical (unpaired) electrons. The van der Waals surface area contributed by atoms with Gasteiger partial charge in [0.2, 0.25) is 0 Å². The van der Waals surface area contributed by atoms with Crippen molar-refractivity contribution in [2.24, 2.45) is 10.9 Å². The van der Waals surface area contributed by atoms with Crippen LogP contribution in [0.4, 0.5) is 0 Å². The van der Waals surface area contributed by atoms with Gasteiger partial charge in [-0.15, -0.1) is 24.0 Å². The van der Waals surface area contributed by atoms with Crippen LogP contribution in [-0.4, -0.2) is 93.7 Å². The highest BCUT2D eigenvalue weighted by Crippen LogP contribution is 2.26. The van der Waals surface area contributed by atoms with Crippen LogP contribution in [0.5, 0.6) is 5.75 Å². The number of piperidine rings is 1. The first-order valence-electron chi connectivity index (χ1n) is 10.4. The van der Waals surface area contributed by atoms with E-state index in [2.05, 4.69) is 39.1 Å². The van der Waals surface area contributed by atoms with Gasteiger partial charge >= 0.3 is 0 Å². The molecule has 0 bridgehead atoms. The number of benzene rings is 1. The second-order valence-corrected chi connectivity index (χ2v) is 9.04. The molecule has 2 heterocycles. The number of aliphatic imine (C=N–C) groups is 1. The number of likely N-dealkylation sites (N-methyl/N-ethyl adjacent to an activating group) is 2. The van der Waals surface area contributed by atoms with E-state index in [9.17, 15) is 0 Å². The molecule has 1 N–H and O–H groups in total. The largest absolute Gasteiger partial charge is 0.493 e. The van der Waals surface area contributed by atoms with Crippen molar-refractivity contribution in [1.29, 1.82) is 0 Å². The number of piperazine rings is 1. The molecular formula is C21H34Cl2IN5O. The predicted molar refractivity (Wildman–Crippen MR) is 137 cm³/mol. The summed E-state index contributed by atoms with van der Waals surface area (Å²) in [5.74, 6) is 2.27. The summed E-state index contributed by atoms with van der Waals surface area (Å²) in [6.45, 7) is 6.94. The van der Waals surface area contributed by atoms with Gasteiger partial charge in [-0.05, 0) is 51.1 Å². The van der Waals surface area contributed by atoms with Gasteiger partial charge in [0.15, 0.2) is 5.96 Å². The Morgan fingerprint density at radius 2 is 1.77 bits per heavy atom. The van der Waals surface area contributed by atoms with Gasteiger partial charge in [0, 0.05) is 62.4 Å². The van der Waals surface area contributed by atoms with Crippen molar-refractivity contribution in [2.75, 3.05) is 67.0 Å². The van der Waals surface area contributed by atoms with E-state index in [1.807, 2.05) is 19.2 Å². The Balaban J connectivity index is 0.00000320. The Kier molecular flexibility index (Phi) is 10.8. The van der Waals surface area contributed by atoms with E-state index in [1.165, 1.54) is 0 Å². The number of hydrogen-bond donors (Lipinski definition) is 1. The smallest absolute Gasteiger partial charge is 0.193 e. The summed E-state index contributed by atoms with van der Waals surface area (Å²) in [4.78, 5) is 11.7. The summed E-state index contributed by atoms with van der Waals surface area (Å²) in [6.07, 6.45) is 2.17. The zero-order chi connectivity index (χ0) is 20.8. The summed E-state index contributed by atoms with van der Waals surface area (Å²) in [7, 11) is 6.27. The predicted octanol–water partition coefficient (Wildman–Crippen LogP) is 3.52. The highest BCUT2D eigenvalue weighted by Gasteiger charge is 2.25. The van der Waals surface area contributed by atoms with E-state index in [0.29, 0.717) is 28.6 Å². The van der Waals surface area contributed by atoms with Crippen LogP contribution < -0.4 is 10.1 Å². The van der Waals surface area contributed by atoms with Crippen molar-refractivity contribution >= 4 is 53.1 Å². The standard InChI is InChI=1S/C21H33Cl2N5O.HI/c1-24-21(25-13-19-14-26(2)8-9-27(19)3)28-6-4-16(5-7-28)15-29-20-11-17(22)10-18(23)12-20;/h10-12,16,19H,4-9,13-15H2,1-3H3,(H,24,25);1H. The molecule has 9 heteroatoms. The van der Waals surface area contributed by atoms with Gasteiger partial charge < -0.3 is 19.9 Å². The molecular weight excluding hydrogens is 536 g/mol. The second kappa shape index (κ2) is 12.5. The lowest BCUT2D eigenvalue weighted by atomic mass is 9.98. The van der Waals surface area contributed by atoms with Crippen LogP contribution in [0.2, 0.25) is 10.0 Å². The van der Waals surface area contributed by atoms with Crippen molar-refractivity contribution < 1.29 is 4.74 Å². The summed E-state index contributed by atoms with van der Waals surface area (Å²) in [6, 6.07) is 5.86. The fraction of sp³-hybridized carbons (Fsp3) is 0.667. The normalized spacial score (nSPS) is 22.0. The third kappa shape index (κ3) is 7.58. The maximum atomic E-state index is 6.05. The van der Waals surface area contributed by atoms with Crippen LogP contribution in [0, 0.1) is 5.92 Å². The molecule has 0 spiro atoms. The molecule has 2 aliphatic heterocycles. The molecule has 1 unspecified atom stereocenters. The zero-order valence-electron chi connectivity index (χ0n) is 18.1. The van der Waals surface area contributed by atoms with E-state index in [4.69, 9.17) is 27.9 Å². The summed E-state index contributed by atoms with van der Waals surface area (Å²) in [5, 5.41) is 4.80. The Bertz CT molecular complexity index is 680. The minimum absolute atomic E-state index is 0. The Hall–Kier alpha value is -0.480. The van der Waals surface area contributed by atoms with Gasteiger partial charge in [-0.1, -0.05) is 23.2 Å². The van der Waals surface area contributed by atoms with Crippen molar-refractivity contribution in [1.82, 2.24) is 20.0 Å². The summed E-state index contributed by atoms with van der Waals surface area (Å²) >= 11 is 12.1. The monoisotopic (exact) mass is 569 g/mol. The SMILES string of the molecule is CN=C(NCC1CN(C)CCN1C)N1CCC(COc2cc(Cl)cc(Cl)c2)CC1.I. The van der Waals surface area contributed by atoms with Crippen molar-refractivity contribution in [3.8, 4) is 5.75 Å². The van der Waals surface area contributed by atoms with Crippen molar-refractivity contribution in [2.45, 2.75) is 18.9 Å². The first-order valence-corrected chi connectivity index (χ1v) is 11.1. The molecule has 1 aromatic rings. The highest BCUT2D eigenvalue weighted by atomic mass is 127. The Morgan fingerprint density at radius 1 is 1.10 bits per heavy atom. The van der Waals surface area contributed by atoms with Crippen LogP contribution in [-0.2, 0) is 0 Å². The average molecular weight is 570 g/mol. The van der Waals surface area contributed by atoms with E-state index in [0.717, 1.165) is 63.8 Å². The molecule has 170 valence electrons. The third-order valence-corrected chi connectivity index (χ3v) is 6.36. The highest BCUT2D eigenvalue weighted by molar-refractivity contribution is 14.0. The van der Waals surface area contributed by atoms with Gasteiger partial charge in [-0.25, -0.2) is 0 Å². The Morgan fingerprint density at radius 3 is 2.40 bits per heavy atom. The summed E-state index contributed by atoms with van der Waals surface area (Å²) in [5.41, 5.74) is 0. The van der Waals surface area contributed by atoms with Crippen LogP contribution >= 0.6 is 47.2 Å². The molecule has 6 nitrogen and oxygen atoms in total. The average Bonchev–Trinajstić information content (AvgIpc) is 2.69. The molecule has 3 rings (SSSR count). The zero-order valence-corrected chi connectivity index (χ0v) is 22.0. The number of rotatable bonds is 5. The molecule has 1 atom stereocenters. The number of ether oxygens (including phenoxy) is 1. The fourth-order valence-corrected chi connectivity index (χ4v) is 4.51. The maximum Gasteiger partial charge on any atom is 0.193 e. The minimum Gasteiger partial charge on any atom is -0.493 e. The lowest BCUT2D eigenvalue weighted by Gasteiger charge is -2.39. The number of hydrogen-bond acceptors (Lipinski definition) is 4. The molecule has 2 saturated heterocycles. The van der Waals surface area contributed by atoms with E-state index in [1.54, 1.807) is 6.07 Å². The van der Waals surface area contributed by atoms with Gasteiger partial charge in [0.25, 0.3) is 0 Å². The van der Waals surface area contributed by atoms with Crippen molar-refractivity contribution in [3.05, 3.63) is 28.2 Å². The molecule has 1 aromatic carbocycles. The first-order chi connectivity index (χ1) is 13.9. The first kappa shape index (κ1) is 25.8. The molecule has 0 amide bonds. The number of guanidine groups is 1. The minimum atomic E-state index is 0. The van der Waals surface area contributed by atoms with Gasteiger partial charge in [0.1, 0.15) is 5.75 Å². The van der Waals surface area contributed by atoms with E-state index < -0.39 is 0 Å². The molecule has 0 saturated carbocycles. The summed E-state index contributed by atoms with van der Waals surface area (Å²) < 4.78 is 5.93. The molecule has 2 aliphatic rings. The van der Waals surface area contributed by atoms with Gasteiger partial charge in [-0.3, -0.25) is 9.89 Å². The van der Waals surface area contributed by atoms with Gasteiger partial charge in [-0.2, -0.15) is 0 Å². The van der Waals surface area contributed by atoms with Crippen LogP contribution in [0.25, 0.3) is 0 Å². The fourth-order valence-electron chi connectivity index (χ4n) is 4.00. The lowest BCUT2D eigenvalue weighted by molar-refractivity contribution is 0.115. The van der Waals surface area contributed by atoms with Crippen molar-refractivity contribution in [3.63, 3.8) is 0 Å². The van der Waals surface area contributed by atoms with Crippen LogP contribution in [0.15, 0.2) is 23.2 Å². The number of halogens is 3. The van der Waals surface area contributed by atoms with Crippen LogP contribution in [0.3, 0.4) is 0 Å². The number of nitrogens with one attached hydrogen (secondary N) is 1. The third-order valence-electron chi connectivity index (χ3n) is 5.92. The van der Waals surface area contributed by atoms with E-state index in [-0.39, 0.29) is 24.0 Å². The molecule has 0 aromatic heterocycles. The molecule has 2 fully saturated rings. The topological polar surface area (TPSA) is 43.3 Å². The number of nitrogens with zero attached hydrogens (tertiary/aromatic N) is 4. The lowest BCUT2D eigenvalue weighted by Crippen LogP contribution is -2.56. The second-order valence-electron chi connectivity index (χ2n) is 8.17. The van der Waals surface area contributed by atoms with Crippen LogP contribution in [0.1, 0.15) is 12.8 Å². The number of likely N-dealkylation sites (tertiary alicyclic amines) is 1. The maximum absolute atomic E-state index is 6.05. The van der Waals surface area contributed by atoms with Gasteiger partial charge in [0.05, 0.1) is 6.61 Å². The van der Waals surface area contributed by atoms with E-state index >= 15 is 0 Å².